The first-order valence-electron chi connectivity index (χ1n) is 7.23. The van der Waals surface area contributed by atoms with Gasteiger partial charge in [0.2, 0.25) is 0 Å². The zero-order chi connectivity index (χ0) is 17.1. The lowest BCUT2D eigenvalue weighted by Gasteiger charge is -2.13. The lowest BCUT2D eigenvalue weighted by Crippen LogP contribution is -2.25. The Morgan fingerprint density at radius 3 is 2.70 bits per heavy atom. The Kier molecular flexibility index (Phi) is 5.41. The highest BCUT2D eigenvalue weighted by molar-refractivity contribution is 6.32. The fraction of sp³-hybridized carbons (Fsp3) is 0.467. The largest absolute Gasteiger partial charge is 0.489 e. The average Bonchev–Trinajstić information content (AvgIpc) is 2.74. The van der Waals surface area contributed by atoms with Crippen molar-refractivity contribution in [2.45, 2.75) is 39.8 Å². The van der Waals surface area contributed by atoms with E-state index in [4.69, 9.17) is 16.3 Å². The number of halogens is 3. The first-order valence-corrected chi connectivity index (χ1v) is 7.61. The van der Waals surface area contributed by atoms with Gasteiger partial charge in [0.1, 0.15) is 17.3 Å². The van der Waals surface area contributed by atoms with E-state index in [1.165, 1.54) is 10.6 Å². The van der Waals surface area contributed by atoms with Gasteiger partial charge < -0.3 is 4.74 Å². The Labute approximate surface area is 137 Å². The van der Waals surface area contributed by atoms with Gasteiger partial charge in [0.05, 0.1) is 17.8 Å². The van der Waals surface area contributed by atoms with Gasteiger partial charge in [-0.25, -0.2) is 9.18 Å². The molecular weight excluding hydrogens is 328 g/mol. The highest BCUT2D eigenvalue weighted by Gasteiger charge is 2.18. The number of nitrogens with zero attached hydrogens (tertiary/aromatic N) is 3. The third kappa shape index (κ3) is 3.72. The van der Waals surface area contributed by atoms with Crippen LogP contribution in [0.4, 0.5) is 8.78 Å². The third-order valence-corrected chi connectivity index (χ3v) is 3.45. The van der Waals surface area contributed by atoms with Gasteiger partial charge in [0.15, 0.2) is 5.82 Å². The molecule has 2 rings (SSSR count). The van der Waals surface area contributed by atoms with Gasteiger partial charge in [0.25, 0.3) is 0 Å². The van der Waals surface area contributed by atoms with Crippen LogP contribution in [-0.2, 0) is 6.54 Å². The van der Waals surface area contributed by atoms with Crippen LogP contribution >= 0.6 is 11.6 Å². The van der Waals surface area contributed by atoms with Gasteiger partial charge in [-0.1, -0.05) is 11.6 Å². The van der Waals surface area contributed by atoms with Crippen molar-refractivity contribution in [1.29, 1.82) is 0 Å². The minimum atomic E-state index is -0.691. The van der Waals surface area contributed by atoms with Gasteiger partial charge in [-0.15, -0.1) is 0 Å². The number of aromatic nitrogens is 3. The van der Waals surface area contributed by atoms with Crippen LogP contribution in [0, 0.1) is 12.7 Å². The van der Waals surface area contributed by atoms with Gasteiger partial charge >= 0.3 is 5.69 Å². The zero-order valence-electron chi connectivity index (χ0n) is 13.1. The molecule has 8 heteroatoms. The van der Waals surface area contributed by atoms with E-state index in [1.807, 2.05) is 0 Å². The molecule has 0 aliphatic carbocycles. The number of alkyl halides is 1. The van der Waals surface area contributed by atoms with Crippen molar-refractivity contribution in [1.82, 2.24) is 14.3 Å². The lowest BCUT2D eigenvalue weighted by atomic mass is 10.3. The summed E-state index contributed by atoms with van der Waals surface area (Å²) in [6.07, 6.45) is 0.0310. The minimum absolute atomic E-state index is 0.0582. The summed E-state index contributed by atoms with van der Waals surface area (Å²) in [6, 6.07) is 2.42. The fourth-order valence-electron chi connectivity index (χ4n) is 2.15. The molecule has 0 bridgehead atoms. The summed E-state index contributed by atoms with van der Waals surface area (Å²) in [5, 5.41) is 4.16. The Hall–Kier alpha value is -1.89. The Balaban J connectivity index is 2.52. The van der Waals surface area contributed by atoms with Gasteiger partial charge in [-0.05, 0) is 33.3 Å². The molecule has 1 aromatic carbocycles. The molecule has 2 aromatic rings. The van der Waals surface area contributed by atoms with Crippen LogP contribution < -0.4 is 10.4 Å². The lowest BCUT2D eigenvalue weighted by molar-refractivity contribution is 0.242. The van der Waals surface area contributed by atoms with Crippen LogP contribution in [0.3, 0.4) is 0 Å². The maximum Gasteiger partial charge on any atom is 0.350 e. The molecule has 1 aromatic heterocycles. The molecule has 0 aliphatic rings. The summed E-state index contributed by atoms with van der Waals surface area (Å²) in [4.78, 5) is 12.4. The molecule has 0 atom stereocenters. The monoisotopic (exact) mass is 345 g/mol. The summed E-state index contributed by atoms with van der Waals surface area (Å²) in [6.45, 7) is 4.86. The number of hydrogen-bond acceptors (Lipinski definition) is 3. The number of hydrogen-bond donors (Lipinski definition) is 0. The highest BCUT2D eigenvalue weighted by atomic mass is 35.5. The molecule has 0 fully saturated rings. The summed E-state index contributed by atoms with van der Waals surface area (Å²) in [5.74, 6) is -0.0478. The standard InChI is InChI=1S/C15H18ClF2N3O2/c1-9(2)23-14-8-13(12(18)7-11(14)16)21-15(22)20(6-4-5-17)10(3)19-21/h7-9H,4-6H2,1-3H3. The summed E-state index contributed by atoms with van der Waals surface area (Å²) < 4.78 is 34.3. The first-order chi connectivity index (χ1) is 10.8. The molecule has 0 N–H and O–H groups in total. The van der Waals surface area contributed by atoms with E-state index in [0.29, 0.717) is 5.82 Å². The van der Waals surface area contributed by atoms with E-state index in [9.17, 15) is 13.6 Å². The molecule has 0 spiro atoms. The maximum absolute atomic E-state index is 14.2. The van der Waals surface area contributed by atoms with E-state index < -0.39 is 18.2 Å². The SMILES string of the molecule is Cc1nn(-c2cc(OC(C)C)c(Cl)cc2F)c(=O)n1CCCF. The van der Waals surface area contributed by atoms with Crippen molar-refractivity contribution in [3.8, 4) is 11.4 Å². The molecule has 0 unspecified atom stereocenters. The van der Waals surface area contributed by atoms with E-state index in [-0.39, 0.29) is 35.5 Å². The summed E-state index contributed by atoms with van der Waals surface area (Å²) >= 11 is 5.96. The maximum atomic E-state index is 14.2. The second-order valence-electron chi connectivity index (χ2n) is 5.34. The fourth-order valence-corrected chi connectivity index (χ4v) is 2.35. The zero-order valence-corrected chi connectivity index (χ0v) is 13.9. The molecule has 5 nitrogen and oxygen atoms in total. The molecule has 0 amide bonds. The van der Waals surface area contributed by atoms with Gasteiger partial charge in [-0.3, -0.25) is 8.96 Å². The normalized spacial score (nSPS) is 11.3. The molecule has 0 aliphatic heterocycles. The average molecular weight is 346 g/mol. The van der Waals surface area contributed by atoms with Crippen molar-refractivity contribution < 1.29 is 13.5 Å². The number of benzene rings is 1. The molecule has 23 heavy (non-hydrogen) atoms. The van der Waals surface area contributed by atoms with Crippen molar-refractivity contribution in [2.24, 2.45) is 0 Å². The first kappa shape index (κ1) is 17.5. The Bertz CT molecular complexity index is 756. The second kappa shape index (κ2) is 7.12. The molecule has 0 saturated heterocycles. The predicted octanol–water partition coefficient (Wildman–Crippen LogP) is 3.28. The molecule has 126 valence electrons. The van der Waals surface area contributed by atoms with Crippen LogP contribution in [0.15, 0.2) is 16.9 Å². The van der Waals surface area contributed by atoms with Crippen LogP contribution in [0.25, 0.3) is 5.69 Å². The van der Waals surface area contributed by atoms with Crippen LogP contribution in [0.5, 0.6) is 5.75 Å². The van der Waals surface area contributed by atoms with E-state index in [1.54, 1.807) is 20.8 Å². The highest BCUT2D eigenvalue weighted by Crippen LogP contribution is 2.29. The third-order valence-electron chi connectivity index (χ3n) is 3.15. The Morgan fingerprint density at radius 2 is 2.09 bits per heavy atom. The van der Waals surface area contributed by atoms with Crippen molar-refractivity contribution in [3.63, 3.8) is 0 Å². The van der Waals surface area contributed by atoms with Crippen molar-refractivity contribution in [3.05, 3.63) is 39.3 Å². The van der Waals surface area contributed by atoms with Gasteiger partial charge in [-0.2, -0.15) is 9.78 Å². The number of ether oxygens (including phenoxy) is 1. The number of rotatable bonds is 6. The smallest absolute Gasteiger partial charge is 0.350 e. The summed E-state index contributed by atoms with van der Waals surface area (Å²) in [5.41, 5.74) is -0.593. The quantitative estimate of drug-likeness (QED) is 0.807. The molecule has 0 radical (unpaired) electrons. The van der Waals surface area contributed by atoms with Crippen molar-refractivity contribution in [2.75, 3.05) is 6.67 Å². The van der Waals surface area contributed by atoms with E-state index in [0.717, 1.165) is 10.7 Å². The molecular formula is C15H18ClF2N3O2. The molecule has 1 heterocycles. The summed E-state index contributed by atoms with van der Waals surface area (Å²) in [7, 11) is 0. The van der Waals surface area contributed by atoms with E-state index in [2.05, 4.69) is 5.10 Å². The second-order valence-corrected chi connectivity index (χ2v) is 5.74. The minimum Gasteiger partial charge on any atom is -0.489 e. The van der Waals surface area contributed by atoms with E-state index >= 15 is 0 Å². The molecule has 0 saturated carbocycles. The number of aryl methyl sites for hydroxylation is 1. The van der Waals surface area contributed by atoms with Crippen LogP contribution in [-0.4, -0.2) is 27.1 Å². The van der Waals surface area contributed by atoms with Crippen LogP contribution in [0.1, 0.15) is 26.1 Å². The van der Waals surface area contributed by atoms with Crippen molar-refractivity contribution >= 4 is 11.6 Å². The Morgan fingerprint density at radius 1 is 1.39 bits per heavy atom. The predicted molar refractivity (Wildman–Crippen MR) is 83.9 cm³/mol. The van der Waals surface area contributed by atoms with Gasteiger partial charge in [0, 0.05) is 12.6 Å². The van der Waals surface area contributed by atoms with Crippen LogP contribution in [0.2, 0.25) is 5.02 Å². The topological polar surface area (TPSA) is 49.1 Å².